The van der Waals surface area contributed by atoms with Crippen molar-refractivity contribution in [2.24, 2.45) is 0 Å². The number of ether oxygens (including phenoxy) is 1. The van der Waals surface area contributed by atoms with E-state index in [1.165, 1.54) is 16.4 Å². The predicted molar refractivity (Wildman–Crippen MR) is 66.0 cm³/mol. The van der Waals surface area contributed by atoms with E-state index in [-0.39, 0.29) is 12.1 Å². The molecular weight excluding hydrogens is 224 g/mol. The van der Waals surface area contributed by atoms with Gasteiger partial charge in [0.25, 0.3) is 0 Å². The number of methoxy groups -OCH3 is 1. The molecule has 0 aliphatic carbocycles. The number of nitrogens with one attached hydrogen (secondary N) is 1. The summed E-state index contributed by atoms with van der Waals surface area (Å²) in [6, 6.07) is 2.24. The van der Waals surface area contributed by atoms with Crippen LogP contribution in [0.5, 0.6) is 5.88 Å². The van der Waals surface area contributed by atoms with Crippen molar-refractivity contribution in [2.75, 3.05) is 13.7 Å². The first kappa shape index (κ1) is 13.4. The van der Waals surface area contributed by atoms with Crippen LogP contribution in [-0.2, 0) is 0 Å². The summed E-state index contributed by atoms with van der Waals surface area (Å²) >= 11 is 1.46. The Balaban J connectivity index is 2.26. The molecule has 0 fully saturated rings. The van der Waals surface area contributed by atoms with E-state index in [2.05, 4.69) is 16.6 Å². The normalized spacial score (nSPS) is 14.8. The van der Waals surface area contributed by atoms with E-state index >= 15 is 0 Å². The van der Waals surface area contributed by atoms with Crippen molar-refractivity contribution >= 4 is 11.5 Å². The molecule has 5 heteroatoms. The zero-order valence-electron chi connectivity index (χ0n) is 10.1. The molecule has 0 saturated heterocycles. The summed E-state index contributed by atoms with van der Waals surface area (Å²) in [4.78, 5) is 1.17. The molecule has 2 N–H and O–H groups in total. The van der Waals surface area contributed by atoms with E-state index in [4.69, 9.17) is 9.84 Å². The van der Waals surface area contributed by atoms with Crippen molar-refractivity contribution in [3.63, 3.8) is 0 Å². The molecule has 0 aromatic carbocycles. The van der Waals surface area contributed by atoms with Crippen LogP contribution in [0.2, 0.25) is 0 Å². The monoisotopic (exact) mass is 244 g/mol. The van der Waals surface area contributed by atoms with Crippen LogP contribution in [0.4, 0.5) is 0 Å². The second-order valence-electron chi connectivity index (χ2n) is 3.94. The number of rotatable bonds is 7. The van der Waals surface area contributed by atoms with Crippen LogP contribution in [-0.4, -0.2) is 29.2 Å². The highest BCUT2D eigenvalue weighted by atomic mass is 32.1. The molecule has 0 aliphatic rings. The summed E-state index contributed by atoms with van der Waals surface area (Å²) in [6.45, 7) is 4.83. The minimum absolute atomic E-state index is 0.208. The van der Waals surface area contributed by atoms with Crippen LogP contribution in [0.1, 0.15) is 37.6 Å². The van der Waals surface area contributed by atoms with Gasteiger partial charge in [0.15, 0.2) is 0 Å². The zero-order valence-corrected chi connectivity index (χ0v) is 10.9. The number of hydrogen-bond donors (Lipinski definition) is 2. The Kier molecular flexibility index (Phi) is 5.73. The first-order valence-electron chi connectivity index (χ1n) is 5.55. The quantitative estimate of drug-likeness (QED) is 0.720. The summed E-state index contributed by atoms with van der Waals surface area (Å²) in [7, 11) is 1.62. The Morgan fingerprint density at radius 2 is 2.31 bits per heavy atom. The first-order chi connectivity index (χ1) is 7.63. The van der Waals surface area contributed by atoms with Gasteiger partial charge in [-0.1, -0.05) is 0 Å². The highest BCUT2D eigenvalue weighted by Crippen LogP contribution is 2.22. The van der Waals surface area contributed by atoms with E-state index in [1.54, 1.807) is 7.11 Å². The van der Waals surface area contributed by atoms with Gasteiger partial charge in [0, 0.05) is 17.0 Å². The van der Waals surface area contributed by atoms with Crippen LogP contribution < -0.4 is 10.1 Å². The van der Waals surface area contributed by atoms with Gasteiger partial charge in [-0.25, -0.2) is 0 Å². The number of aromatic nitrogens is 1. The third-order valence-corrected chi connectivity index (χ3v) is 3.35. The van der Waals surface area contributed by atoms with E-state index < -0.39 is 0 Å². The lowest BCUT2D eigenvalue weighted by atomic mass is 10.2. The summed E-state index contributed by atoms with van der Waals surface area (Å²) in [6.07, 6.45) is 1.62. The van der Waals surface area contributed by atoms with Gasteiger partial charge in [0.05, 0.1) is 13.2 Å². The van der Waals surface area contributed by atoms with E-state index in [1.807, 2.05) is 13.0 Å². The first-order valence-corrected chi connectivity index (χ1v) is 6.33. The Bertz CT molecular complexity index is 302. The van der Waals surface area contributed by atoms with Crippen molar-refractivity contribution in [2.45, 2.75) is 38.8 Å². The standard InChI is InChI=1S/C11H20N2O2S/c1-8(14)5-4-6-12-9(2)10-7-11(15-3)13-16-10/h7-9,12,14H,4-6H2,1-3H3. The van der Waals surface area contributed by atoms with Gasteiger partial charge >= 0.3 is 0 Å². The van der Waals surface area contributed by atoms with E-state index in [0.29, 0.717) is 5.88 Å². The van der Waals surface area contributed by atoms with Crippen LogP contribution in [0.3, 0.4) is 0 Å². The molecule has 0 aliphatic heterocycles. The Morgan fingerprint density at radius 1 is 1.56 bits per heavy atom. The zero-order chi connectivity index (χ0) is 12.0. The second kappa shape index (κ2) is 6.83. The third kappa shape index (κ3) is 4.47. The van der Waals surface area contributed by atoms with Gasteiger partial charge < -0.3 is 15.2 Å². The molecule has 16 heavy (non-hydrogen) atoms. The largest absolute Gasteiger partial charge is 0.480 e. The number of nitrogens with zero attached hydrogens (tertiary/aromatic N) is 1. The number of hydrogen-bond acceptors (Lipinski definition) is 5. The fraction of sp³-hybridized carbons (Fsp3) is 0.727. The second-order valence-corrected chi connectivity index (χ2v) is 4.78. The average molecular weight is 244 g/mol. The van der Waals surface area contributed by atoms with Crippen LogP contribution in [0, 0.1) is 0 Å². The number of aliphatic hydroxyl groups is 1. The minimum Gasteiger partial charge on any atom is -0.480 e. The van der Waals surface area contributed by atoms with Crippen molar-refractivity contribution in [3.8, 4) is 5.88 Å². The molecule has 1 rings (SSSR count). The molecule has 0 spiro atoms. The summed E-state index contributed by atoms with van der Waals surface area (Å²) in [5, 5.41) is 12.5. The van der Waals surface area contributed by atoms with Crippen LogP contribution in [0.25, 0.3) is 0 Å². The van der Waals surface area contributed by atoms with Gasteiger partial charge in [-0.2, -0.15) is 4.37 Å². The van der Waals surface area contributed by atoms with Crippen molar-refractivity contribution < 1.29 is 9.84 Å². The molecule has 0 saturated carbocycles. The molecule has 4 nitrogen and oxygen atoms in total. The van der Waals surface area contributed by atoms with Gasteiger partial charge in [0.2, 0.25) is 5.88 Å². The maximum absolute atomic E-state index is 9.12. The number of aliphatic hydroxyl groups excluding tert-OH is 1. The third-order valence-electron chi connectivity index (χ3n) is 2.39. The van der Waals surface area contributed by atoms with Gasteiger partial charge in [-0.05, 0) is 44.8 Å². The summed E-state index contributed by atoms with van der Waals surface area (Å²) in [5.41, 5.74) is 0. The molecule has 2 atom stereocenters. The smallest absolute Gasteiger partial charge is 0.225 e. The summed E-state index contributed by atoms with van der Waals surface area (Å²) < 4.78 is 9.19. The Morgan fingerprint density at radius 3 is 2.88 bits per heavy atom. The molecule has 1 aromatic heterocycles. The molecule has 0 radical (unpaired) electrons. The van der Waals surface area contributed by atoms with Crippen LogP contribution in [0.15, 0.2) is 6.07 Å². The fourth-order valence-electron chi connectivity index (χ4n) is 1.39. The highest BCUT2D eigenvalue weighted by Gasteiger charge is 2.09. The highest BCUT2D eigenvalue weighted by molar-refractivity contribution is 7.06. The lowest BCUT2D eigenvalue weighted by Gasteiger charge is -2.11. The predicted octanol–water partition coefficient (Wildman–Crippen LogP) is 1.96. The maximum atomic E-state index is 9.12. The van der Waals surface area contributed by atoms with Crippen molar-refractivity contribution in [3.05, 3.63) is 10.9 Å². The maximum Gasteiger partial charge on any atom is 0.225 e. The van der Waals surface area contributed by atoms with E-state index in [0.717, 1.165) is 19.4 Å². The van der Waals surface area contributed by atoms with Gasteiger partial charge in [0.1, 0.15) is 0 Å². The average Bonchev–Trinajstić information content (AvgIpc) is 2.72. The molecule has 2 unspecified atom stereocenters. The molecule has 0 bridgehead atoms. The molecule has 92 valence electrons. The lowest BCUT2D eigenvalue weighted by Crippen LogP contribution is -2.20. The lowest BCUT2D eigenvalue weighted by molar-refractivity contribution is 0.181. The van der Waals surface area contributed by atoms with E-state index in [9.17, 15) is 0 Å². The van der Waals surface area contributed by atoms with Crippen molar-refractivity contribution in [1.29, 1.82) is 0 Å². The minimum atomic E-state index is -0.208. The fourth-order valence-corrected chi connectivity index (χ4v) is 2.11. The molecule has 0 amide bonds. The SMILES string of the molecule is COc1cc(C(C)NCCCC(C)O)sn1. The molecular formula is C11H20N2O2S. The molecule has 1 heterocycles. The van der Waals surface area contributed by atoms with Gasteiger partial charge in [-0.15, -0.1) is 0 Å². The van der Waals surface area contributed by atoms with Crippen LogP contribution >= 0.6 is 11.5 Å². The van der Waals surface area contributed by atoms with Crippen molar-refractivity contribution in [1.82, 2.24) is 9.69 Å². The van der Waals surface area contributed by atoms with Gasteiger partial charge in [-0.3, -0.25) is 0 Å². The topological polar surface area (TPSA) is 54.4 Å². The molecule has 1 aromatic rings. The Labute approximate surface area is 101 Å². The Hall–Kier alpha value is -0.650. The summed E-state index contributed by atoms with van der Waals surface area (Å²) in [5.74, 6) is 0.678.